The molecule has 1 aromatic carbocycles. The normalized spacial score (nSPS) is 9.36. The van der Waals surface area contributed by atoms with Gasteiger partial charge in [-0.3, -0.25) is 5.32 Å². The molecule has 0 spiro atoms. The van der Waals surface area contributed by atoms with Crippen LogP contribution in [0.4, 0.5) is 10.5 Å². The predicted octanol–water partition coefficient (Wildman–Crippen LogP) is 2.64. The fourth-order valence-electron chi connectivity index (χ4n) is 0.922. The van der Waals surface area contributed by atoms with Gasteiger partial charge in [-0.05, 0) is 12.1 Å². The summed E-state index contributed by atoms with van der Waals surface area (Å²) >= 11 is 3.29. The van der Waals surface area contributed by atoms with E-state index in [1.165, 1.54) is 7.11 Å². The highest BCUT2D eigenvalue weighted by Gasteiger charge is 2.03. The van der Waals surface area contributed by atoms with Crippen LogP contribution in [-0.4, -0.2) is 20.3 Å². The smallest absolute Gasteiger partial charge is 0.411 e. The average molecular weight is 260 g/mol. The number of anilines is 1. The maximum atomic E-state index is 10.9. The third-order valence-corrected chi connectivity index (χ3v) is 2.00. The summed E-state index contributed by atoms with van der Waals surface area (Å²) in [7, 11) is 2.87. The quantitative estimate of drug-likeness (QED) is 0.889. The zero-order valence-electron chi connectivity index (χ0n) is 7.83. The molecule has 0 aliphatic rings. The van der Waals surface area contributed by atoms with Crippen LogP contribution in [0.15, 0.2) is 22.7 Å². The summed E-state index contributed by atoms with van der Waals surface area (Å²) in [6.07, 6.45) is -0.509. The van der Waals surface area contributed by atoms with E-state index in [1.54, 1.807) is 25.3 Å². The first-order chi connectivity index (χ1) is 6.65. The number of ether oxygens (including phenoxy) is 2. The van der Waals surface area contributed by atoms with Gasteiger partial charge in [0.2, 0.25) is 0 Å². The van der Waals surface area contributed by atoms with Crippen LogP contribution in [0.5, 0.6) is 5.75 Å². The molecule has 0 aromatic heterocycles. The van der Waals surface area contributed by atoms with E-state index < -0.39 is 6.09 Å². The summed E-state index contributed by atoms with van der Waals surface area (Å²) in [6, 6.07) is 5.24. The Hall–Kier alpha value is -1.23. The van der Waals surface area contributed by atoms with Crippen LogP contribution in [0.25, 0.3) is 0 Å². The molecule has 0 saturated carbocycles. The molecule has 1 rings (SSSR count). The molecule has 1 aromatic rings. The standard InChI is InChI=1S/C9H10BrNO3/c1-13-8-4-6(10)3-7(5-8)11-9(12)14-2/h3-5H,1-2H3,(H,11,12). The second kappa shape index (κ2) is 4.85. The Labute approximate surface area is 90.3 Å². The van der Waals surface area contributed by atoms with E-state index in [0.29, 0.717) is 11.4 Å². The highest BCUT2D eigenvalue weighted by molar-refractivity contribution is 9.10. The van der Waals surface area contributed by atoms with Crippen molar-refractivity contribution in [3.8, 4) is 5.75 Å². The number of carbonyl (C=O) groups excluding carboxylic acids is 1. The van der Waals surface area contributed by atoms with E-state index >= 15 is 0 Å². The maximum absolute atomic E-state index is 10.9. The van der Waals surface area contributed by atoms with Gasteiger partial charge in [0, 0.05) is 16.2 Å². The highest BCUT2D eigenvalue weighted by Crippen LogP contribution is 2.24. The first-order valence-corrected chi connectivity index (χ1v) is 4.64. The first kappa shape index (κ1) is 10.8. The van der Waals surface area contributed by atoms with Gasteiger partial charge in [-0.1, -0.05) is 15.9 Å². The van der Waals surface area contributed by atoms with E-state index in [2.05, 4.69) is 26.0 Å². The minimum Gasteiger partial charge on any atom is -0.497 e. The third kappa shape index (κ3) is 2.92. The fraction of sp³-hybridized carbons (Fsp3) is 0.222. The zero-order chi connectivity index (χ0) is 10.6. The van der Waals surface area contributed by atoms with Crippen LogP contribution in [0, 0.1) is 0 Å². The molecule has 0 aliphatic carbocycles. The number of methoxy groups -OCH3 is 2. The SMILES string of the molecule is COC(=O)Nc1cc(Br)cc(OC)c1. The number of carbonyl (C=O) groups is 1. The number of nitrogens with one attached hydrogen (secondary N) is 1. The van der Waals surface area contributed by atoms with Crippen LogP contribution in [0.2, 0.25) is 0 Å². The lowest BCUT2D eigenvalue weighted by atomic mass is 10.3. The molecule has 14 heavy (non-hydrogen) atoms. The molecule has 4 nitrogen and oxygen atoms in total. The van der Waals surface area contributed by atoms with Crippen LogP contribution < -0.4 is 10.1 Å². The number of amides is 1. The molecular formula is C9H10BrNO3. The lowest BCUT2D eigenvalue weighted by Gasteiger charge is -2.06. The van der Waals surface area contributed by atoms with Crippen LogP contribution >= 0.6 is 15.9 Å². The summed E-state index contributed by atoms with van der Waals surface area (Å²) in [5.41, 5.74) is 0.614. The predicted molar refractivity (Wildman–Crippen MR) is 56.7 cm³/mol. The minimum absolute atomic E-state index is 0.509. The second-order valence-corrected chi connectivity index (χ2v) is 3.41. The van der Waals surface area contributed by atoms with Gasteiger partial charge in [-0.15, -0.1) is 0 Å². The Morgan fingerprint density at radius 3 is 2.64 bits per heavy atom. The minimum atomic E-state index is -0.509. The van der Waals surface area contributed by atoms with Crippen molar-refractivity contribution in [3.63, 3.8) is 0 Å². The Bertz CT molecular complexity index is 341. The summed E-state index contributed by atoms with van der Waals surface area (Å²) in [6.45, 7) is 0. The Morgan fingerprint density at radius 1 is 1.36 bits per heavy atom. The Balaban J connectivity index is 2.86. The molecule has 5 heteroatoms. The van der Waals surface area contributed by atoms with Gasteiger partial charge >= 0.3 is 6.09 Å². The molecule has 0 heterocycles. The molecule has 0 radical (unpaired) electrons. The lowest BCUT2D eigenvalue weighted by molar-refractivity contribution is 0.187. The lowest BCUT2D eigenvalue weighted by Crippen LogP contribution is -2.10. The summed E-state index contributed by atoms with van der Waals surface area (Å²) in [4.78, 5) is 10.9. The van der Waals surface area contributed by atoms with E-state index in [0.717, 1.165) is 4.47 Å². The molecule has 0 fully saturated rings. The van der Waals surface area contributed by atoms with Gasteiger partial charge in [-0.2, -0.15) is 0 Å². The van der Waals surface area contributed by atoms with Gasteiger partial charge < -0.3 is 9.47 Å². The van der Waals surface area contributed by atoms with Crippen molar-refractivity contribution in [2.45, 2.75) is 0 Å². The molecular weight excluding hydrogens is 250 g/mol. The first-order valence-electron chi connectivity index (χ1n) is 3.85. The average Bonchev–Trinajstić information content (AvgIpc) is 2.16. The molecule has 0 saturated heterocycles. The monoisotopic (exact) mass is 259 g/mol. The van der Waals surface area contributed by atoms with Crippen molar-refractivity contribution < 1.29 is 14.3 Å². The van der Waals surface area contributed by atoms with Crippen molar-refractivity contribution in [3.05, 3.63) is 22.7 Å². The summed E-state index contributed by atoms with van der Waals surface area (Å²) < 4.78 is 10.3. The van der Waals surface area contributed by atoms with Gasteiger partial charge in [-0.25, -0.2) is 4.79 Å². The number of halogens is 1. The largest absolute Gasteiger partial charge is 0.497 e. The van der Waals surface area contributed by atoms with Crippen molar-refractivity contribution in [2.75, 3.05) is 19.5 Å². The van der Waals surface area contributed by atoms with Crippen molar-refractivity contribution in [1.29, 1.82) is 0 Å². The number of hydrogen-bond acceptors (Lipinski definition) is 3. The van der Waals surface area contributed by atoms with E-state index in [-0.39, 0.29) is 0 Å². The number of hydrogen-bond donors (Lipinski definition) is 1. The number of rotatable bonds is 2. The number of benzene rings is 1. The van der Waals surface area contributed by atoms with Crippen molar-refractivity contribution in [2.24, 2.45) is 0 Å². The van der Waals surface area contributed by atoms with Gasteiger partial charge in [0.25, 0.3) is 0 Å². The van der Waals surface area contributed by atoms with Gasteiger partial charge in [0.15, 0.2) is 0 Å². The third-order valence-electron chi connectivity index (χ3n) is 1.54. The maximum Gasteiger partial charge on any atom is 0.411 e. The Kier molecular flexibility index (Phi) is 3.76. The van der Waals surface area contributed by atoms with E-state index in [9.17, 15) is 4.79 Å². The molecule has 76 valence electrons. The van der Waals surface area contributed by atoms with Crippen molar-refractivity contribution in [1.82, 2.24) is 0 Å². The molecule has 0 unspecified atom stereocenters. The second-order valence-electron chi connectivity index (χ2n) is 2.50. The van der Waals surface area contributed by atoms with E-state index in [1.807, 2.05) is 0 Å². The topological polar surface area (TPSA) is 47.6 Å². The molecule has 0 bridgehead atoms. The summed E-state index contributed by atoms with van der Waals surface area (Å²) in [5, 5.41) is 2.54. The van der Waals surface area contributed by atoms with Gasteiger partial charge in [0.05, 0.1) is 14.2 Å². The molecule has 0 atom stereocenters. The highest BCUT2D eigenvalue weighted by atomic mass is 79.9. The fourth-order valence-corrected chi connectivity index (χ4v) is 1.39. The van der Waals surface area contributed by atoms with Crippen LogP contribution in [0.3, 0.4) is 0 Å². The van der Waals surface area contributed by atoms with Crippen molar-refractivity contribution >= 4 is 27.7 Å². The molecule has 1 amide bonds. The molecule has 0 aliphatic heterocycles. The summed E-state index contributed by atoms with van der Waals surface area (Å²) in [5.74, 6) is 0.658. The van der Waals surface area contributed by atoms with E-state index in [4.69, 9.17) is 4.74 Å². The molecule has 1 N–H and O–H groups in total. The van der Waals surface area contributed by atoms with Crippen LogP contribution in [-0.2, 0) is 4.74 Å². The van der Waals surface area contributed by atoms with Crippen LogP contribution in [0.1, 0.15) is 0 Å². The Morgan fingerprint density at radius 2 is 2.07 bits per heavy atom. The zero-order valence-corrected chi connectivity index (χ0v) is 9.42. The van der Waals surface area contributed by atoms with Gasteiger partial charge in [0.1, 0.15) is 5.75 Å².